The number of hydrogen-bond acceptors (Lipinski definition) is 4. The first-order valence-corrected chi connectivity index (χ1v) is 8.88. The van der Waals surface area contributed by atoms with E-state index in [0.29, 0.717) is 10.1 Å². The van der Waals surface area contributed by atoms with Crippen molar-refractivity contribution in [1.29, 1.82) is 0 Å². The fraction of sp³-hybridized carbons (Fsp3) is 0.200. The summed E-state index contributed by atoms with van der Waals surface area (Å²) in [4.78, 5) is 19.4. The zero-order chi connectivity index (χ0) is 18.0. The van der Waals surface area contributed by atoms with Gasteiger partial charge in [0.15, 0.2) is 5.17 Å². The number of amides is 1. The molecule has 3 rings (SSSR count). The van der Waals surface area contributed by atoms with Gasteiger partial charge in [-0.15, -0.1) is 0 Å². The summed E-state index contributed by atoms with van der Waals surface area (Å²) < 4.78 is 0. The molecule has 0 unspecified atom stereocenters. The molecule has 0 radical (unpaired) electrons. The minimum absolute atomic E-state index is 0.107. The Morgan fingerprint density at radius 1 is 1.04 bits per heavy atom. The summed E-state index contributed by atoms with van der Waals surface area (Å²) in [5.74, 6) is -0.107. The lowest BCUT2D eigenvalue weighted by Gasteiger charge is -2.11. The molecule has 1 amide bonds. The third-order valence-corrected chi connectivity index (χ3v) is 4.99. The van der Waals surface area contributed by atoms with Crippen molar-refractivity contribution in [2.45, 2.75) is 13.8 Å². The molecule has 1 saturated heterocycles. The van der Waals surface area contributed by atoms with Crippen molar-refractivity contribution < 1.29 is 4.79 Å². The molecule has 1 N–H and O–H groups in total. The van der Waals surface area contributed by atoms with Gasteiger partial charge in [-0.1, -0.05) is 18.2 Å². The van der Waals surface area contributed by atoms with Crippen LogP contribution in [0.1, 0.15) is 16.7 Å². The number of benzene rings is 2. The topological polar surface area (TPSA) is 44.7 Å². The van der Waals surface area contributed by atoms with Gasteiger partial charge in [0.2, 0.25) is 0 Å². The number of thioether (sulfide) groups is 1. The smallest absolute Gasteiger partial charge is 0.264 e. The first-order chi connectivity index (χ1) is 11.9. The molecule has 0 saturated carbocycles. The summed E-state index contributed by atoms with van der Waals surface area (Å²) >= 11 is 1.37. The third-order valence-electron chi connectivity index (χ3n) is 4.08. The largest absolute Gasteiger partial charge is 0.378 e. The quantitative estimate of drug-likeness (QED) is 0.840. The van der Waals surface area contributed by atoms with Crippen LogP contribution in [0.2, 0.25) is 0 Å². The normalized spacial score (nSPS) is 17.2. The van der Waals surface area contributed by atoms with Gasteiger partial charge in [0.05, 0.1) is 10.6 Å². The molecule has 0 spiro atoms. The number of hydrogen-bond donors (Lipinski definition) is 1. The summed E-state index contributed by atoms with van der Waals surface area (Å²) in [5, 5.41) is 3.45. The van der Waals surface area contributed by atoms with Crippen LogP contribution in [0.5, 0.6) is 0 Å². The zero-order valence-corrected chi connectivity index (χ0v) is 15.6. The highest BCUT2D eigenvalue weighted by atomic mass is 32.2. The maximum atomic E-state index is 12.2. The number of rotatable bonds is 3. The number of carbonyl (C=O) groups is 1. The van der Waals surface area contributed by atoms with Gasteiger partial charge in [-0.05, 0) is 72.6 Å². The van der Waals surface area contributed by atoms with Gasteiger partial charge in [-0.25, -0.2) is 4.99 Å². The number of nitrogens with one attached hydrogen (secondary N) is 1. The number of nitrogens with zero attached hydrogens (tertiary/aromatic N) is 2. The zero-order valence-electron chi connectivity index (χ0n) is 14.8. The van der Waals surface area contributed by atoms with Crippen molar-refractivity contribution >= 4 is 40.3 Å². The summed E-state index contributed by atoms with van der Waals surface area (Å²) in [6, 6.07) is 14.1. The van der Waals surface area contributed by atoms with E-state index in [2.05, 4.69) is 24.2 Å². The molecular weight excluding hydrogens is 330 g/mol. The molecule has 0 aromatic heterocycles. The number of amidine groups is 1. The Kier molecular flexibility index (Phi) is 4.95. The maximum absolute atomic E-state index is 12.2. The van der Waals surface area contributed by atoms with E-state index in [1.165, 1.54) is 22.9 Å². The number of aryl methyl sites for hydroxylation is 2. The predicted molar refractivity (Wildman–Crippen MR) is 107 cm³/mol. The lowest BCUT2D eigenvalue weighted by atomic mass is 10.1. The van der Waals surface area contributed by atoms with Gasteiger partial charge < -0.3 is 10.2 Å². The van der Waals surface area contributed by atoms with E-state index < -0.39 is 0 Å². The van der Waals surface area contributed by atoms with E-state index in [9.17, 15) is 4.79 Å². The van der Waals surface area contributed by atoms with Crippen LogP contribution in [0.4, 0.5) is 11.4 Å². The minimum atomic E-state index is -0.107. The van der Waals surface area contributed by atoms with Crippen LogP contribution in [0.15, 0.2) is 52.4 Å². The van der Waals surface area contributed by atoms with E-state index in [1.807, 2.05) is 67.5 Å². The Morgan fingerprint density at radius 3 is 2.40 bits per heavy atom. The Morgan fingerprint density at radius 2 is 1.76 bits per heavy atom. The summed E-state index contributed by atoms with van der Waals surface area (Å²) in [6.45, 7) is 4.13. The van der Waals surface area contributed by atoms with Crippen LogP contribution in [-0.4, -0.2) is 25.2 Å². The first-order valence-electron chi connectivity index (χ1n) is 8.06. The molecule has 1 aliphatic rings. The van der Waals surface area contributed by atoms with Crippen molar-refractivity contribution in [3.05, 3.63) is 64.1 Å². The van der Waals surface area contributed by atoms with Crippen LogP contribution in [-0.2, 0) is 4.79 Å². The third kappa shape index (κ3) is 4.12. The van der Waals surface area contributed by atoms with Crippen LogP contribution in [0.3, 0.4) is 0 Å². The Balaban J connectivity index is 1.79. The van der Waals surface area contributed by atoms with Crippen molar-refractivity contribution in [3.8, 4) is 0 Å². The van der Waals surface area contributed by atoms with E-state index in [1.54, 1.807) is 0 Å². The van der Waals surface area contributed by atoms with Crippen LogP contribution in [0.25, 0.3) is 6.08 Å². The molecule has 0 bridgehead atoms. The first kappa shape index (κ1) is 17.3. The monoisotopic (exact) mass is 351 g/mol. The highest BCUT2D eigenvalue weighted by Crippen LogP contribution is 2.29. The van der Waals surface area contributed by atoms with E-state index >= 15 is 0 Å². The van der Waals surface area contributed by atoms with E-state index in [0.717, 1.165) is 16.9 Å². The molecule has 128 valence electrons. The van der Waals surface area contributed by atoms with Gasteiger partial charge in [0, 0.05) is 19.8 Å². The highest BCUT2D eigenvalue weighted by Gasteiger charge is 2.23. The lowest BCUT2D eigenvalue weighted by molar-refractivity contribution is -0.115. The fourth-order valence-electron chi connectivity index (χ4n) is 2.41. The fourth-order valence-corrected chi connectivity index (χ4v) is 3.25. The molecule has 2 aromatic carbocycles. The SMILES string of the molecule is Cc1ccc(N=C2NC(=O)/C(=C\c3ccc(N(C)C)cc3)S2)cc1C. The summed E-state index contributed by atoms with van der Waals surface area (Å²) in [6.07, 6.45) is 1.89. The van der Waals surface area contributed by atoms with Crippen molar-refractivity contribution in [2.24, 2.45) is 4.99 Å². The van der Waals surface area contributed by atoms with E-state index in [4.69, 9.17) is 0 Å². The lowest BCUT2D eigenvalue weighted by Crippen LogP contribution is -2.19. The van der Waals surface area contributed by atoms with E-state index in [-0.39, 0.29) is 5.91 Å². The van der Waals surface area contributed by atoms with Gasteiger partial charge in [-0.2, -0.15) is 0 Å². The molecule has 5 heteroatoms. The second kappa shape index (κ2) is 7.15. The average molecular weight is 351 g/mol. The van der Waals surface area contributed by atoms with Crippen LogP contribution < -0.4 is 10.2 Å². The molecule has 0 atom stereocenters. The molecule has 1 aliphatic heterocycles. The van der Waals surface area contributed by atoms with Crippen LogP contribution >= 0.6 is 11.8 Å². The molecule has 0 aliphatic carbocycles. The highest BCUT2D eigenvalue weighted by molar-refractivity contribution is 8.18. The molecular formula is C20H21N3OS. The van der Waals surface area contributed by atoms with Gasteiger partial charge in [0.1, 0.15) is 0 Å². The van der Waals surface area contributed by atoms with Gasteiger partial charge >= 0.3 is 0 Å². The Hall–Kier alpha value is -2.53. The predicted octanol–water partition coefficient (Wildman–Crippen LogP) is 4.26. The molecule has 1 heterocycles. The Bertz CT molecular complexity index is 867. The van der Waals surface area contributed by atoms with Crippen molar-refractivity contribution in [2.75, 3.05) is 19.0 Å². The summed E-state index contributed by atoms with van der Waals surface area (Å²) in [5.41, 5.74) is 5.39. The van der Waals surface area contributed by atoms with Gasteiger partial charge in [-0.3, -0.25) is 4.79 Å². The standard InChI is InChI=1S/C20H21N3OS/c1-13-5-8-16(11-14(13)2)21-20-22-19(24)18(25-20)12-15-6-9-17(10-7-15)23(3)4/h5-12H,1-4H3,(H,21,22,24)/b18-12+. The maximum Gasteiger partial charge on any atom is 0.264 e. The number of anilines is 1. The number of aliphatic imine (C=N–C) groups is 1. The molecule has 2 aromatic rings. The number of carbonyl (C=O) groups excluding carboxylic acids is 1. The molecule has 1 fully saturated rings. The second-order valence-corrected chi connectivity index (χ2v) is 7.27. The molecule has 4 nitrogen and oxygen atoms in total. The van der Waals surface area contributed by atoms with Gasteiger partial charge in [0.25, 0.3) is 5.91 Å². The van der Waals surface area contributed by atoms with Crippen molar-refractivity contribution in [3.63, 3.8) is 0 Å². The summed E-state index contributed by atoms with van der Waals surface area (Å²) in [7, 11) is 4.01. The Labute approximate surface area is 152 Å². The molecule has 25 heavy (non-hydrogen) atoms. The van der Waals surface area contributed by atoms with Crippen molar-refractivity contribution in [1.82, 2.24) is 5.32 Å². The minimum Gasteiger partial charge on any atom is -0.378 e. The van der Waals surface area contributed by atoms with Crippen LogP contribution in [0, 0.1) is 13.8 Å². The second-order valence-electron chi connectivity index (χ2n) is 6.24. The average Bonchev–Trinajstić information content (AvgIpc) is 2.91.